The van der Waals surface area contributed by atoms with Gasteiger partial charge in [-0.3, -0.25) is 10.2 Å². The van der Waals surface area contributed by atoms with E-state index in [0.717, 1.165) is 3.97 Å². The molecule has 0 bridgehead atoms. The average Bonchev–Trinajstić information content (AvgIpc) is 3.38. The van der Waals surface area contributed by atoms with Gasteiger partial charge in [0.1, 0.15) is 15.7 Å². The second-order valence-corrected chi connectivity index (χ2v) is 10.2. The van der Waals surface area contributed by atoms with Crippen molar-refractivity contribution in [3.63, 3.8) is 0 Å². The van der Waals surface area contributed by atoms with Crippen molar-refractivity contribution >= 4 is 43.9 Å². The lowest BCUT2D eigenvalue weighted by Gasteiger charge is -2.07. The molecule has 2 aromatic heterocycles. The van der Waals surface area contributed by atoms with Crippen LogP contribution in [0.4, 0.5) is 13.2 Å². The van der Waals surface area contributed by atoms with Gasteiger partial charge in [-0.25, -0.2) is 3.97 Å². The van der Waals surface area contributed by atoms with Crippen molar-refractivity contribution in [2.24, 2.45) is 5.73 Å². The first-order chi connectivity index (χ1) is 15.8. The van der Waals surface area contributed by atoms with Crippen LogP contribution in [0.5, 0.6) is 5.75 Å². The number of aromatic nitrogens is 1. The highest BCUT2D eigenvalue weighted by Crippen LogP contribution is 2.32. The van der Waals surface area contributed by atoms with Gasteiger partial charge in [0.05, 0.1) is 22.7 Å². The molecule has 0 aliphatic rings. The van der Waals surface area contributed by atoms with Crippen LogP contribution in [0, 0.1) is 5.41 Å². The Balaban J connectivity index is 2.05. The minimum Gasteiger partial charge on any atom is -0.494 e. The third-order valence-corrected chi connectivity index (χ3v) is 7.99. The fourth-order valence-electron chi connectivity index (χ4n) is 3.15. The first-order valence-corrected chi connectivity index (χ1v) is 12.1. The van der Waals surface area contributed by atoms with Gasteiger partial charge < -0.3 is 15.6 Å². The molecule has 182 valence electrons. The SMILES string of the molecule is CCOc1ccc2c(c1)c(CCC(=O)O)cn2S(=O)(=O)c1ccc(C(=N)/C=C(\N)C(F)(F)F)s1. The third-order valence-electron chi connectivity index (χ3n) is 4.73. The highest BCUT2D eigenvalue weighted by atomic mass is 32.2. The number of hydrogen-bond acceptors (Lipinski definition) is 7. The van der Waals surface area contributed by atoms with Crippen LogP contribution in [-0.2, 0) is 21.2 Å². The second-order valence-electron chi connectivity index (χ2n) is 7.09. The van der Waals surface area contributed by atoms with E-state index in [9.17, 15) is 26.4 Å². The Bertz CT molecular complexity index is 1390. The third kappa shape index (κ3) is 5.25. The minimum absolute atomic E-state index is 0.0213. The number of alkyl halides is 3. The van der Waals surface area contributed by atoms with Gasteiger partial charge in [-0.05, 0) is 55.3 Å². The number of aliphatic carboxylic acids is 1. The maximum atomic E-state index is 13.4. The molecule has 4 N–H and O–H groups in total. The van der Waals surface area contributed by atoms with E-state index in [1.807, 2.05) is 0 Å². The van der Waals surface area contributed by atoms with Crippen molar-refractivity contribution in [3.8, 4) is 5.75 Å². The Hall–Kier alpha value is -3.32. The van der Waals surface area contributed by atoms with Crippen LogP contribution in [0.25, 0.3) is 10.9 Å². The van der Waals surface area contributed by atoms with Crippen LogP contribution < -0.4 is 10.5 Å². The summed E-state index contributed by atoms with van der Waals surface area (Å²) in [6.45, 7) is 2.17. The molecule has 8 nitrogen and oxygen atoms in total. The molecule has 0 aliphatic carbocycles. The molecular formula is C21H20F3N3O5S2. The highest BCUT2D eigenvalue weighted by molar-refractivity contribution is 7.92. The van der Waals surface area contributed by atoms with Gasteiger partial charge in [0.15, 0.2) is 0 Å². The summed E-state index contributed by atoms with van der Waals surface area (Å²) in [5.41, 5.74) is 3.66. The largest absolute Gasteiger partial charge is 0.494 e. The summed E-state index contributed by atoms with van der Waals surface area (Å²) in [4.78, 5) is 11.0. The molecule has 0 aliphatic heterocycles. The predicted octanol–water partition coefficient (Wildman–Crippen LogP) is 4.13. The number of fused-ring (bicyclic) bond motifs is 1. The minimum atomic E-state index is -4.81. The molecule has 0 saturated heterocycles. The fraction of sp³-hybridized carbons (Fsp3) is 0.238. The molecule has 0 unspecified atom stereocenters. The lowest BCUT2D eigenvalue weighted by Crippen LogP contribution is -2.20. The van der Waals surface area contributed by atoms with Gasteiger partial charge in [-0.2, -0.15) is 21.6 Å². The molecule has 0 saturated carbocycles. The molecule has 13 heteroatoms. The Kier molecular flexibility index (Phi) is 7.07. The van der Waals surface area contributed by atoms with E-state index in [4.69, 9.17) is 21.0 Å². The van der Waals surface area contributed by atoms with E-state index >= 15 is 0 Å². The zero-order valence-corrected chi connectivity index (χ0v) is 19.4. The van der Waals surface area contributed by atoms with Gasteiger partial charge in [0.25, 0.3) is 10.0 Å². The van der Waals surface area contributed by atoms with Crippen molar-refractivity contribution in [2.75, 3.05) is 6.61 Å². The van der Waals surface area contributed by atoms with E-state index in [0.29, 0.717) is 40.7 Å². The van der Waals surface area contributed by atoms with Gasteiger partial charge in [-0.15, -0.1) is 11.3 Å². The number of ether oxygens (including phenoxy) is 1. The monoisotopic (exact) mass is 515 g/mol. The van der Waals surface area contributed by atoms with Crippen molar-refractivity contribution in [3.05, 3.63) is 58.7 Å². The number of hydrogen-bond donors (Lipinski definition) is 3. The van der Waals surface area contributed by atoms with E-state index in [2.05, 4.69) is 0 Å². The van der Waals surface area contributed by atoms with Gasteiger partial charge in [-0.1, -0.05) is 0 Å². The molecule has 34 heavy (non-hydrogen) atoms. The Morgan fingerprint density at radius 3 is 2.62 bits per heavy atom. The maximum Gasteiger partial charge on any atom is 0.430 e. The molecule has 3 rings (SSSR count). The van der Waals surface area contributed by atoms with Crippen LogP contribution in [0.1, 0.15) is 23.8 Å². The number of carbonyl (C=O) groups is 1. The number of aryl methyl sites for hydroxylation is 1. The van der Waals surface area contributed by atoms with Crippen LogP contribution in [0.2, 0.25) is 0 Å². The molecule has 0 atom stereocenters. The summed E-state index contributed by atoms with van der Waals surface area (Å²) in [7, 11) is -4.20. The van der Waals surface area contributed by atoms with Gasteiger partial charge >= 0.3 is 12.1 Å². The average molecular weight is 516 g/mol. The number of allylic oxidation sites excluding steroid dienone is 2. The Morgan fingerprint density at radius 2 is 2.00 bits per heavy atom. The van der Waals surface area contributed by atoms with Crippen molar-refractivity contribution in [1.29, 1.82) is 5.41 Å². The highest BCUT2D eigenvalue weighted by Gasteiger charge is 2.32. The van der Waals surface area contributed by atoms with Gasteiger partial charge in [0.2, 0.25) is 0 Å². The number of rotatable bonds is 9. The number of carboxylic acids is 1. The summed E-state index contributed by atoms with van der Waals surface area (Å²) < 4.78 is 70.9. The fourth-order valence-corrected chi connectivity index (χ4v) is 5.86. The number of benzene rings is 1. The molecule has 0 amide bonds. The summed E-state index contributed by atoms with van der Waals surface area (Å²) in [5, 5.41) is 17.4. The molecule has 2 heterocycles. The van der Waals surface area contributed by atoms with Crippen LogP contribution >= 0.6 is 11.3 Å². The Labute approximate surface area is 196 Å². The normalized spacial score (nSPS) is 12.8. The lowest BCUT2D eigenvalue weighted by molar-refractivity contribution is -0.136. The summed E-state index contributed by atoms with van der Waals surface area (Å²) in [6, 6.07) is 7.16. The van der Waals surface area contributed by atoms with Crippen molar-refractivity contribution in [2.45, 2.75) is 30.2 Å². The number of nitrogens with zero attached hydrogens (tertiary/aromatic N) is 1. The molecule has 0 radical (unpaired) electrons. The van der Waals surface area contributed by atoms with Gasteiger partial charge in [0, 0.05) is 18.0 Å². The molecule has 1 aromatic carbocycles. The van der Waals surface area contributed by atoms with Crippen molar-refractivity contribution < 1.29 is 36.2 Å². The Morgan fingerprint density at radius 1 is 1.29 bits per heavy atom. The standard InChI is InChI=1S/C21H20F3N3O5S2/c1-2-32-13-4-5-16-14(9-13)12(3-7-19(28)29)11-27(16)34(30,31)20-8-6-17(33-20)15(25)10-18(26)21(22,23)24/h4-6,8-11,25H,2-3,7,26H2,1H3,(H,28,29)/b18-10-,25-15?. The number of nitrogens with one attached hydrogen (secondary N) is 1. The number of halogens is 3. The molecule has 3 aromatic rings. The van der Waals surface area contributed by atoms with Crippen LogP contribution in [0.15, 0.2) is 52.5 Å². The quantitative estimate of drug-likeness (QED) is 0.367. The van der Waals surface area contributed by atoms with E-state index in [-0.39, 0.29) is 27.4 Å². The summed E-state index contributed by atoms with van der Waals surface area (Å²) >= 11 is 0.623. The maximum absolute atomic E-state index is 13.4. The number of carboxylic acid groups (broad SMARTS) is 1. The van der Waals surface area contributed by atoms with Crippen molar-refractivity contribution in [1.82, 2.24) is 3.97 Å². The predicted molar refractivity (Wildman–Crippen MR) is 121 cm³/mol. The smallest absolute Gasteiger partial charge is 0.430 e. The van der Waals surface area contributed by atoms with Crippen LogP contribution in [0.3, 0.4) is 0 Å². The molecule has 0 fully saturated rings. The summed E-state index contributed by atoms with van der Waals surface area (Å²) in [6.07, 6.45) is -3.20. The molecular weight excluding hydrogens is 495 g/mol. The topological polar surface area (TPSA) is 135 Å². The second kappa shape index (κ2) is 9.50. The summed E-state index contributed by atoms with van der Waals surface area (Å²) in [5.74, 6) is -0.556. The van der Waals surface area contributed by atoms with E-state index in [1.165, 1.54) is 24.4 Å². The lowest BCUT2D eigenvalue weighted by atomic mass is 10.1. The number of nitrogens with two attached hydrogens (primary N) is 1. The zero-order chi connectivity index (χ0) is 25.3. The first kappa shape index (κ1) is 25.3. The van der Waals surface area contributed by atoms with Crippen LogP contribution in [-0.4, -0.2) is 42.0 Å². The van der Waals surface area contributed by atoms with E-state index in [1.54, 1.807) is 19.1 Å². The zero-order valence-electron chi connectivity index (χ0n) is 17.7. The number of thiophene rings is 1. The molecule has 0 spiro atoms. The van der Waals surface area contributed by atoms with E-state index < -0.39 is 33.6 Å². The first-order valence-electron chi connectivity index (χ1n) is 9.82.